The third-order valence-corrected chi connectivity index (χ3v) is 5.56. The Labute approximate surface area is 188 Å². The molecule has 31 heavy (non-hydrogen) atoms. The molecular weight excluding hydrogens is 392 g/mol. The van der Waals surface area contributed by atoms with Gasteiger partial charge in [0.25, 0.3) is 0 Å². The minimum Gasteiger partial charge on any atom is -0.497 e. The molecule has 1 aromatic rings. The number of carbonyl (C=O) groups is 2. The number of unbranched alkanes of at least 4 members (excludes halogenated alkanes) is 13. The van der Waals surface area contributed by atoms with Crippen LogP contribution >= 0.6 is 0 Å². The van der Waals surface area contributed by atoms with E-state index in [2.05, 4.69) is 6.92 Å². The molecule has 1 N–H and O–H groups in total. The summed E-state index contributed by atoms with van der Waals surface area (Å²) in [5.41, 5.74) is 0.300. The van der Waals surface area contributed by atoms with Gasteiger partial charge in [0, 0.05) is 6.07 Å². The Morgan fingerprint density at radius 1 is 0.806 bits per heavy atom. The lowest BCUT2D eigenvalue weighted by molar-refractivity contribution is -0.135. The SMILES string of the molecule is CCCCCCCCCCCCCCCCOc1cc(OC)ccc1C(=O)CC(=O)O. The maximum Gasteiger partial charge on any atom is 0.311 e. The second-order valence-electron chi connectivity index (χ2n) is 8.30. The summed E-state index contributed by atoms with van der Waals surface area (Å²) in [6.45, 7) is 2.77. The Balaban J connectivity index is 2.13. The van der Waals surface area contributed by atoms with Crippen LogP contribution in [0.25, 0.3) is 0 Å². The van der Waals surface area contributed by atoms with E-state index in [-0.39, 0.29) is 0 Å². The van der Waals surface area contributed by atoms with Crippen molar-refractivity contribution in [2.24, 2.45) is 0 Å². The average Bonchev–Trinajstić information content (AvgIpc) is 2.75. The second-order valence-corrected chi connectivity index (χ2v) is 8.30. The van der Waals surface area contributed by atoms with Gasteiger partial charge in [0.2, 0.25) is 0 Å². The van der Waals surface area contributed by atoms with Crippen LogP contribution in [0, 0.1) is 0 Å². The highest BCUT2D eigenvalue weighted by Crippen LogP contribution is 2.26. The molecular formula is C26H42O5. The minimum absolute atomic E-state index is 0.300. The summed E-state index contributed by atoms with van der Waals surface area (Å²) in [6.07, 6.45) is 17.6. The number of Topliss-reactive ketones (excluding diaryl/α,β-unsaturated/α-hetero) is 1. The first-order chi connectivity index (χ1) is 15.1. The molecule has 0 atom stereocenters. The predicted octanol–water partition coefficient (Wildman–Crippen LogP) is 7.21. The Kier molecular flexibility index (Phi) is 15.3. The van der Waals surface area contributed by atoms with Gasteiger partial charge in [-0.25, -0.2) is 0 Å². The summed E-state index contributed by atoms with van der Waals surface area (Å²) in [4.78, 5) is 23.0. The van der Waals surface area contributed by atoms with Crippen LogP contribution in [-0.2, 0) is 4.79 Å². The van der Waals surface area contributed by atoms with Crippen LogP contribution < -0.4 is 9.47 Å². The van der Waals surface area contributed by atoms with E-state index >= 15 is 0 Å². The maximum absolute atomic E-state index is 12.1. The minimum atomic E-state index is -1.14. The van der Waals surface area contributed by atoms with E-state index in [0.717, 1.165) is 12.8 Å². The number of benzene rings is 1. The van der Waals surface area contributed by atoms with Crippen LogP contribution in [0.3, 0.4) is 0 Å². The Morgan fingerprint density at radius 2 is 1.32 bits per heavy atom. The number of ether oxygens (including phenoxy) is 2. The monoisotopic (exact) mass is 434 g/mol. The molecule has 0 radical (unpaired) electrons. The van der Waals surface area contributed by atoms with Crippen LogP contribution in [0.2, 0.25) is 0 Å². The molecule has 0 aliphatic rings. The van der Waals surface area contributed by atoms with Gasteiger partial charge in [0.1, 0.15) is 17.9 Å². The zero-order valence-electron chi connectivity index (χ0n) is 19.6. The maximum atomic E-state index is 12.1. The molecule has 0 heterocycles. The Bertz CT molecular complexity index is 626. The average molecular weight is 435 g/mol. The number of carboxylic acid groups (broad SMARTS) is 1. The van der Waals surface area contributed by atoms with Gasteiger partial charge in [-0.1, -0.05) is 90.4 Å². The van der Waals surface area contributed by atoms with Crippen LogP contribution in [0.1, 0.15) is 114 Å². The van der Waals surface area contributed by atoms with E-state index in [1.165, 1.54) is 77.0 Å². The predicted molar refractivity (Wildman–Crippen MR) is 125 cm³/mol. The Morgan fingerprint density at radius 3 is 1.81 bits per heavy atom. The largest absolute Gasteiger partial charge is 0.497 e. The van der Waals surface area contributed by atoms with Crippen molar-refractivity contribution in [2.45, 2.75) is 103 Å². The van der Waals surface area contributed by atoms with Gasteiger partial charge < -0.3 is 14.6 Å². The van der Waals surface area contributed by atoms with Crippen molar-refractivity contribution >= 4 is 11.8 Å². The van der Waals surface area contributed by atoms with Gasteiger partial charge in [0.05, 0.1) is 19.3 Å². The van der Waals surface area contributed by atoms with Crippen molar-refractivity contribution in [1.29, 1.82) is 0 Å². The summed E-state index contributed by atoms with van der Waals surface area (Å²) in [5.74, 6) is -0.604. The molecule has 0 saturated heterocycles. The van der Waals surface area contributed by atoms with Gasteiger partial charge in [0.15, 0.2) is 5.78 Å². The number of hydrogen-bond acceptors (Lipinski definition) is 4. The number of carbonyl (C=O) groups excluding carboxylic acids is 1. The molecule has 5 nitrogen and oxygen atoms in total. The van der Waals surface area contributed by atoms with Crippen molar-refractivity contribution in [3.63, 3.8) is 0 Å². The number of rotatable bonds is 20. The normalized spacial score (nSPS) is 10.8. The molecule has 0 fully saturated rings. The molecule has 0 unspecified atom stereocenters. The van der Waals surface area contributed by atoms with Gasteiger partial charge in [-0.3, -0.25) is 9.59 Å². The van der Waals surface area contributed by atoms with E-state index in [1.54, 1.807) is 25.3 Å². The zero-order chi connectivity index (χ0) is 22.7. The summed E-state index contributed by atoms with van der Waals surface area (Å²) < 4.78 is 11.0. The van der Waals surface area contributed by atoms with Crippen molar-refractivity contribution in [1.82, 2.24) is 0 Å². The van der Waals surface area contributed by atoms with Gasteiger partial charge in [-0.2, -0.15) is 0 Å². The molecule has 0 saturated carbocycles. The van der Waals surface area contributed by atoms with Crippen LogP contribution in [0.5, 0.6) is 11.5 Å². The molecule has 5 heteroatoms. The van der Waals surface area contributed by atoms with Crippen LogP contribution in [-0.4, -0.2) is 30.6 Å². The molecule has 0 spiro atoms. The third-order valence-electron chi connectivity index (χ3n) is 5.56. The highest BCUT2D eigenvalue weighted by molar-refractivity contribution is 6.07. The lowest BCUT2D eigenvalue weighted by Crippen LogP contribution is -2.10. The van der Waals surface area contributed by atoms with Gasteiger partial charge in [-0.05, 0) is 18.6 Å². The van der Waals surface area contributed by atoms with E-state index in [9.17, 15) is 9.59 Å². The molecule has 0 amide bonds. The fraction of sp³-hybridized carbons (Fsp3) is 0.692. The van der Waals surface area contributed by atoms with Crippen LogP contribution in [0.15, 0.2) is 18.2 Å². The van der Waals surface area contributed by atoms with Crippen molar-refractivity contribution < 1.29 is 24.2 Å². The summed E-state index contributed by atoms with van der Waals surface area (Å²) in [7, 11) is 1.55. The number of hydrogen-bond donors (Lipinski definition) is 1. The molecule has 0 aliphatic heterocycles. The molecule has 0 aromatic heterocycles. The highest BCUT2D eigenvalue weighted by Gasteiger charge is 2.16. The molecule has 0 bridgehead atoms. The second kappa shape index (κ2) is 17.6. The first-order valence-electron chi connectivity index (χ1n) is 12.1. The fourth-order valence-electron chi connectivity index (χ4n) is 3.69. The number of aliphatic carboxylic acids is 1. The molecule has 0 aliphatic carbocycles. The highest BCUT2D eigenvalue weighted by atomic mass is 16.5. The van der Waals surface area contributed by atoms with Crippen molar-refractivity contribution in [2.75, 3.05) is 13.7 Å². The summed E-state index contributed by atoms with van der Waals surface area (Å²) in [5, 5.41) is 8.87. The quantitative estimate of drug-likeness (QED) is 0.133. The number of methoxy groups -OCH3 is 1. The van der Waals surface area contributed by atoms with E-state index in [4.69, 9.17) is 14.6 Å². The first-order valence-corrected chi connectivity index (χ1v) is 12.1. The van der Waals surface area contributed by atoms with E-state index in [1.807, 2.05) is 0 Å². The summed E-state index contributed by atoms with van der Waals surface area (Å²) >= 11 is 0. The Hall–Kier alpha value is -2.04. The van der Waals surface area contributed by atoms with Gasteiger partial charge >= 0.3 is 5.97 Å². The molecule has 1 rings (SSSR count). The lowest BCUT2D eigenvalue weighted by atomic mass is 10.0. The third kappa shape index (κ3) is 13.1. The molecule has 176 valence electrons. The number of carboxylic acids is 1. The van der Waals surface area contributed by atoms with Gasteiger partial charge in [-0.15, -0.1) is 0 Å². The van der Waals surface area contributed by atoms with E-state index < -0.39 is 18.2 Å². The fourth-order valence-corrected chi connectivity index (χ4v) is 3.69. The molecule has 1 aromatic carbocycles. The first kappa shape index (κ1) is 27.0. The van der Waals surface area contributed by atoms with Crippen molar-refractivity contribution in [3.8, 4) is 11.5 Å². The zero-order valence-corrected chi connectivity index (χ0v) is 19.6. The van der Waals surface area contributed by atoms with E-state index in [0.29, 0.717) is 23.7 Å². The lowest BCUT2D eigenvalue weighted by Gasteiger charge is -2.12. The van der Waals surface area contributed by atoms with Crippen molar-refractivity contribution in [3.05, 3.63) is 23.8 Å². The smallest absolute Gasteiger partial charge is 0.311 e. The number of ketones is 1. The standard InChI is InChI=1S/C26H42O5/c1-3-4-5-6-7-8-9-10-11-12-13-14-15-16-19-31-25-20-22(30-2)17-18-23(25)24(27)21-26(28)29/h17-18,20H,3-16,19,21H2,1-2H3,(H,28,29). The summed E-state index contributed by atoms with van der Waals surface area (Å²) in [6, 6.07) is 4.87. The topological polar surface area (TPSA) is 72.8 Å². The van der Waals surface area contributed by atoms with Crippen LogP contribution in [0.4, 0.5) is 0 Å².